The number of fused-ring (bicyclic) bond motifs is 1. The second kappa shape index (κ2) is 13.2. The Kier molecular flexibility index (Phi) is 10.6. The lowest BCUT2D eigenvalue weighted by Crippen LogP contribution is -2.61. The zero-order chi connectivity index (χ0) is 27.9. The smallest absolute Gasteiger partial charge is 0.326 e. The summed E-state index contributed by atoms with van der Waals surface area (Å²) in [6, 6.07) is 3.00. The van der Waals surface area contributed by atoms with Crippen LogP contribution in [0.25, 0.3) is 10.9 Å². The highest BCUT2D eigenvalue weighted by Crippen LogP contribution is 2.19. The lowest BCUT2D eigenvalue weighted by molar-refractivity contribution is -0.144. The molecule has 2 rings (SSSR count). The number of aliphatic carboxylic acids is 1. The third-order valence-electron chi connectivity index (χ3n) is 6.54. The number of para-hydroxylation sites is 1. The van der Waals surface area contributed by atoms with Crippen LogP contribution in [0.5, 0.6) is 0 Å². The molecule has 2 aromatic rings. The molecule has 0 spiro atoms. The lowest BCUT2D eigenvalue weighted by Gasteiger charge is -2.29. The molecule has 6 atom stereocenters. The standard InChI is InChI=1S/C26H39N5O6/c1-6-14(4)21(24(34)29-20(13(2)3)26(36)37)30-25(35)22(15(5)32)31-23(33)18(27)11-16-12-28-19-10-8-7-9-17(16)19/h7-10,12-15,18,20-22,28,32H,6,11,27H2,1-5H3,(H,29,34)(H,30,35)(H,31,33)(H,36,37). The van der Waals surface area contributed by atoms with Crippen molar-refractivity contribution in [2.45, 2.75) is 77.7 Å². The molecule has 0 fully saturated rings. The summed E-state index contributed by atoms with van der Waals surface area (Å²) in [7, 11) is 0. The number of nitrogens with one attached hydrogen (secondary N) is 4. The Balaban J connectivity index is 2.12. The van der Waals surface area contributed by atoms with Crippen LogP contribution in [0.1, 0.15) is 46.6 Å². The first kappa shape index (κ1) is 29.8. The quantitative estimate of drug-likeness (QED) is 0.203. The normalized spacial score (nSPS) is 16.3. The van der Waals surface area contributed by atoms with E-state index in [-0.39, 0.29) is 18.3 Å². The molecule has 37 heavy (non-hydrogen) atoms. The molecule has 0 aliphatic carbocycles. The van der Waals surface area contributed by atoms with Gasteiger partial charge in [0, 0.05) is 17.1 Å². The number of benzene rings is 1. The molecular formula is C26H39N5O6. The number of amides is 3. The van der Waals surface area contributed by atoms with Gasteiger partial charge in [0.25, 0.3) is 0 Å². The van der Waals surface area contributed by atoms with Crippen LogP contribution in [0.15, 0.2) is 30.5 Å². The van der Waals surface area contributed by atoms with Gasteiger partial charge < -0.3 is 36.9 Å². The fourth-order valence-electron chi connectivity index (χ4n) is 4.00. The number of H-pyrrole nitrogens is 1. The van der Waals surface area contributed by atoms with Gasteiger partial charge in [0.05, 0.1) is 12.1 Å². The van der Waals surface area contributed by atoms with E-state index in [1.54, 1.807) is 27.0 Å². The molecule has 1 heterocycles. The highest BCUT2D eigenvalue weighted by atomic mass is 16.4. The first-order valence-corrected chi connectivity index (χ1v) is 12.5. The number of aliphatic hydroxyl groups excluding tert-OH is 1. The van der Waals surface area contributed by atoms with Crippen molar-refractivity contribution >= 4 is 34.6 Å². The minimum Gasteiger partial charge on any atom is -0.480 e. The van der Waals surface area contributed by atoms with Crippen molar-refractivity contribution < 1.29 is 29.4 Å². The molecule has 0 radical (unpaired) electrons. The summed E-state index contributed by atoms with van der Waals surface area (Å²) < 4.78 is 0. The summed E-state index contributed by atoms with van der Waals surface area (Å²) in [4.78, 5) is 53.5. The number of aromatic nitrogens is 1. The molecule has 8 N–H and O–H groups in total. The molecule has 1 aromatic carbocycles. The summed E-state index contributed by atoms with van der Waals surface area (Å²) in [5.74, 6) is -3.98. The molecule has 0 bridgehead atoms. The van der Waals surface area contributed by atoms with E-state index in [2.05, 4.69) is 20.9 Å². The maximum atomic E-state index is 13.1. The molecule has 0 saturated carbocycles. The summed E-state index contributed by atoms with van der Waals surface area (Å²) in [6.07, 6.45) is 1.20. The number of aliphatic hydroxyl groups is 1. The summed E-state index contributed by atoms with van der Waals surface area (Å²) >= 11 is 0. The molecule has 1 aromatic heterocycles. The van der Waals surface area contributed by atoms with E-state index >= 15 is 0 Å². The number of hydrogen-bond donors (Lipinski definition) is 7. The van der Waals surface area contributed by atoms with E-state index in [0.717, 1.165) is 16.5 Å². The van der Waals surface area contributed by atoms with E-state index in [1.807, 2.05) is 31.2 Å². The van der Waals surface area contributed by atoms with Crippen LogP contribution >= 0.6 is 0 Å². The second-order valence-electron chi connectivity index (χ2n) is 9.84. The first-order valence-electron chi connectivity index (χ1n) is 12.5. The molecule has 0 aliphatic heterocycles. The van der Waals surface area contributed by atoms with Crippen molar-refractivity contribution in [1.29, 1.82) is 0 Å². The number of carboxylic acids is 1. The predicted molar refractivity (Wildman–Crippen MR) is 139 cm³/mol. The van der Waals surface area contributed by atoms with E-state index in [4.69, 9.17) is 5.73 Å². The second-order valence-corrected chi connectivity index (χ2v) is 9.84. The average Bonchev–Trinajstić information content (AvgIpc) is 3.25. The van der Waals surface area contributed by atoms with Gasteiger partial charge in [0.15, 0.2) is 0 Å². The minimum absolute atomic E-state index is 0.202. The van der Waals surface area contributed by atoms with Gasteiger partial charge in [-0.05, 0) is 36.8 Å². The first-order chi connectivity index (χ1) is 17.4. The number of aromatic amines is 1. The van der Waals surface area contributed by atoms with Crippen LogP contribution in [0.2, 0.25) is 0 Å². The highest BCUT2D eigenvalue weighted by molar-refractivity contribution is 5.95. The van der Waals surface area contributed by atoms with E-state index < -0.39 is 54.0 Å². The largest absolute Gasteiger partial charge is 0.480 e. The molecular weight excluding hydrogens is 478 g/mol. The zero-order valence-corrected chi connectivity index (χ0v) is 21.9. The Morgan fingerprint density at radius 2 is 1.49 bits per heavy atom. The maximum Gasteiger partial charge on any atom is 0.326 e. The number of rotatable bonds is 13. The summed E-state index contributed by atoms with van der Waals surface area (Å²) in [6.45, 7) is 8.23. The van der Waals surface area contributed by atoms with Gasteiger partial charge in [-0.25, -0.2) is 4.79 Å². The SMILES string of the molecule is CCC(C)C(NC(=O)C(NC(=O)C(N)Cc1c[nH]c2ccccc12)C(C)O)C(=O)NC(C(=O)O)C(C)C. The van der Waals surface area contributed by atoms with Gasteiger partial charge in [-0.1, -0.05) is 52.3 Å². The Bertz CT molecular complexity index is 1100. The van der Waals surface area contributed by atoms with E-state index in [9.17, 15) is 29.4 Å². The molecule has 204 valence electrons. The zero-order valence-electron chi connectivity index (χ0n) is 21.9. The van der Waals surface area contributed by atoms with Crippen LogP contribution in [0, 0.1) is 11.8 Å². The van der Waals surface area contributed by atoms with Crippen molar-refractivity contribution in [3.05, 3.63) is 36.0 Å². The molecule has 11 nitrogen and oxygen atoms in total. The topological polar surface area (TPSA) is 187 Å². The predicted octanol–water partition coefficient (Wildman–Crippen LogP) is 0.660. The molecule has 3 amide bonds. The van der Waals surface area contributed by atoms with Crippen molar-refractivity contribution in [3.63, 3.8) is 0 Å². The van der Waals surface area contributed by atoms with Gasteiger partial charge in [-0.15, -0.1) is 0 Å². The van der Waals surface area contributed by atoms with Crippen LogP contribution in [0.4, 0.5) is 0 Å². The van der Waals surface area contributed by atoms with Crippen molar-refractivity contribution in [2.75, 3.05) is 0 Å². The van der Waals surface area contributed by atoms with Crippen LogP contribution in [0.3, 0.4) is 0 Å². The Morgan fingerprint density at radius 3 is 2.05 bits per heavy atom. The van der Waals surface area contributed by atoms with E-state index in [1.165, 1.54) is 6.92 Å². The number of carboxylic acid groups (broad SMARTS) is 1. The van der Waals surface area contributed by atoms with Gasteiger partial charge in [-0.2, -0.15) is 0 Å². The monoisotopic (exact) mass is 517 g/mol. The van der Waals surface area contributed by atoms with Gasteiger partial charge in [0.2, 0.25) is 17.7 Å². The molecule has 6 unspecified atom stereocenters. The summed E-state index contributed by atoms with van der Waals surface area (Å²) in [5, 5.41) is 28.1. The fraction of sp³-hybridized carbons (Fsp3) is 0.538. The van der Waals surface area contributed by atoms with Crippen molar-refractivity contribution in [2.24, 2.45) is 17.6 Å². The van der Waals surface area contributed by atoms with Gasteiger partial charge in [-0.3, -0.25) is 14.4 Å². The number of carbonyl (C=O) groups excluding carboxylic acids is 3. The third kappa shape index (κ3) is 7.77. The maximum absolute atomic E-state index is 13.1. The van der Waals surface area contributed by atoms with Crippen LogP contribution < -0.4 is 21.7 Å². The highest BCUT2D eigenvalue weighted by Gasteiger charge is 2.35. The molecule has 0 saturated heterocycles. The molecule has 0 aliphatic rings. The lowest BCUT2D eigenvalue weighted by atomic mass is 9.96. The third-order valence-corrected chi connectivity index (χ3v) is 6.54. The minimum atomic E-state index is -1.37. The number of hydrogen-bond acceptors (Lipinski definition) is 6. The van der Waals surface area contributed by atoms with Gasteiger partial charge in [0.1, 0.15) is 18.1 Å². The van der Waals surface area contributed by atoms with E-state index in [0.29, 0.717) is 6.42 Å². The Labute approximate surface area is 216 Å². The molecule has 11 heteroatoms. The summed E-state index contributed by atoms with van der Waals surface area (Å²) in [5.41, 5.74) is 7.86. The van der Waals surface area contributed by atoms with Crippen LogP contribution in [-0.2, 0) is 25.6 Å². The number of carbonyl (C=O) groups is 4. The van der Waals surface area contributed by atoms with Crippen LogP contribution in [-0.4, -0.2) is 69.2 Å². The van der Waals surface area contributed by atoms with Crippen molar-refractivity contribution in [3.8, 4) is 0 Å². The van der Waals surface area contributed by atoms with Crippen molar-refractivity contribution in [1.82, 2.24) is 20.9 Å². The average molecular weight is 518 g/mol. The number of nitrogens with two attached hydrogens (primary N) is 1. The Hall–Kier alpha value is -3.44. The van der Waals surface area contributed by atoms with Gasteiger partial charge >= 0.3 is 5.97 Å². The Morgan fingerprint density at radius 1 is 0.919 bits per heavy atom. The fourth-order valence-corrected chi connectivity index (χ4v) is 4.00.